The first-order chi connectivity index (χ1) is 14.0. The Morgan fingerprint density at radius 2 is 2.10 bits per heavy atom. The standard InChI is InChI=1S/C21H20ClN3O4/c1-29-17-9-8-12(11-14(17)22)18-16-7-4-10-24(16)21(19(18)25(27)28)13-5-2-3-6-15(13)23-20(21)26/h2-3,5-6,8-9,11,16,18-19H,4,7,10H2,1H3,(H,23,26)/t16-,18+,19+,21+/m0/s1. The van der Waals surface area contributed by atoms with Crippen molar-refractivity contribution < 1.29 is 14.5 Å². The molecule has 0 unspecified atom stereocenters. The quantitative estimate of drug-likeness (QED) is 0.615. The summed E-state index contributed by atoms with van der Waals surface area (Å²) in [6.07, 6.45) is 1.70. The van der Waals surface area contributed by atoms with Crippen LogP contribution in [0.5, 0.6) is 5.75 Å². The molecule has 2 fully saturated rings. The van der Waals surface area contributed by atoms with Crippen LogP contribution in [0.2, 0.25) is 5.02 Å². The summed E-state index contributed by atoms with van der Waals surface area (Å²) < 4.78 is 5.24. The third kappa shape index (κ3) is 2.31. The Morgan fingerprint density at radius 3 is 2.83 bits per heavy atom. The monoisotopic (exact) mass is 413 g/mol. The zero-order valence-corrected chi connectivity index (χ0v) is 16.6. The van der Waals surface area contributed by atoms with Gasteiger partial charge in [0.05, 0.1) is 18.1 Å². The maximum atomic E-state index is 13.4. The number of anilines is 1. The van der Waals surface area contributed by atoms with Crippen LogP contribution >= 0.6 is 11.6 Å². The summed E-state index contributed by atoms with van der Waals surface area (Å²) in [6, 6.07) is 11.4. The Labute approximate surface area is 172 Å². The van der Waals surface area contributed by atoms with E-state index in [1.165, 1.54) is 7.11 Å². The zero-order chi connectivity index (χ0) is 20.3. The van der Waals surface area contributed by atoms with Crippen molar-refractivity contribution in [2.45, 2.75) is 36.4 Å². The molecule has 2 aromatic rings. The van der Waals surface area contributed by atoms with Gasteiger partial charge in [-0.15, -0.1) is 0 Å². The van der Waals surface area contributed by atoms with E-state index >= 15 is 0 Å². The Hall–Kier alpha value is -2.64. The lowest BCUT2D eigenvalue weighted by Gasteiger charge is -2.32. The van der Waals surface area contributed by atoms with Gasteiger partial charge >= 0.3 is 0 Å². The van der Waals surface area contributed by atoms with Gasteiger partial charge in [0, 0.05) is 28.8 Å². The molecule has 5 rings (SSSR count). The number of benzene rings is 2. The van der Waals surface area contributed by atoms with Gasteiger partial charge in [0.15, 0.2) is 5.54 Å². The molecule has 7 nitrogen and oxygen atoms in total. The van der Waals surface area contributed by atoms with Crippen LogP contribution in [-0.4, -0.2) is 41.5 Å². The highest BCUT2D eigenvalue weighted by Crippen LogP contribution is 2.58. The molecule has 3 heterocycles. The van der Waals surface area contributed by atoms with Crippen molar-refractivity contribution in [1.82, 2.24) is 4.90 Å². The minimum absolute atomic E-state index is 0.105. The highest BCUT2D eigenvalue weighted by Gasteiger charge is 2.73. The van der Waals surface area contributed by atoms with Gasteiger partial charge in [0.25, 0.3) is 11.9 Å². The third-order valence-electron chi connectivity index (χ3n) is 6.65. The Balaban J connectivity index is 1.73. The number of carbonyl (C=O) groups excluding carboxylic acids is 1. The Morgan fingerprint density at radius 1 is 1.31 bits per heavy atom. The van der Waals surface area contributed by atoms with Crippen molar-refractivity contribution in [2.24, 2.45) is 0 Å². The molecule has 4 atom stereocenters. The molecule has 1 amide bonds. The van der Waals surface area contributed by atoms with E-state index in [4.69, 9.17) is 16.3 Å². The summed E-state index contributed by atoms with van der Waals surface area (Å²) in [4.78, 5) is 27.6. The van der Waals surface area contributed by atoms with Gasteiger partial charge in [-0.25, -0.2) is 0 Å². The first-order valence-electron chi connectivity index (χ1n) is 9.64. The number of ether oxygens (including phenoxy) is 1. The highest BCUT2D eigenvalue weighted by atomic mass is 35.5. The average molecular weight is 414 g/mol. The first kappa shape index (κ1) is 18.4. The molecule has 0 aliphatic carbocycles. The largest absolute Gasteiger partial charge is 0.495 e. The molecule has 1 spiro atoms. The summed E-state index contributed by atoms with van der Waals surface area (Å²) >= 11 is 6.35. The average Bonchev–Trinajstić information content (AvgIpc) is 3.35. The molecule has 0 saturated carbocycles. The SMILES string of the molecule is COc1ccc([C@@H]2[C@@H]3CCCN3[C@@]3(C(=O)Nc4ccccc43)[C@@H]2[N+](=O)[O-])cc1Cl. The number of amides is 1. The van der Waals surface area contributed by atoms with Gasteiger partial charge in [0.1, 0.15) is 5.75 Å². The molecule has 3 aliphatic heterocycles. The molecule has 0 radical (unpaired) electrons. The van der Waals surface area contributed by atoms with E-state index in [1.54, 1.807) is 12.1 Å². The van der Waals surface area contributed by atoms with Gasteiger partial charge < -0.3 is 10.1 Å². The molecular formula is C21H20ClN3O4. The van der Waals surface area contributed by atoms with Gasteiger partial charge in [-0.2, -0.15) is 0 Å². The maximum Gasteiger partial charge on any atom is 0.256 e. The predicted molar refractivity (Wildman–Crippen MR) is 108 cm³/mol. The number of rotatable bonds is 3. The number of nitro groups is 1. The zero-order valence-electron chi connectivity index (χ0n) is 15.8. The molecule has 8 heteroatoms. The summed E-state index contributed by atoms with van der Waals surface area (Å²) in [5, 5.41) is 15.8. The number of nitrogens with one attached hydrogen (secondary N) is 1. The van der Waals surface area contributed by atoms with Gasteiger partial charge in [-0.05, 0) is 36.6 Å². The fourth-order valence-corrected chi connectivity index (χ4v) is 5.93. The van der Waals surface area contributed by atoms with Crippen LogP contribution in [0, 0.1) is 10.1 Å². The van der Waals surface area contributed by atoms with Gasteiger partial charge in [-0.3, -0.25) is 19.8 Å². The van der Waals surface area contributed by atoms with Crippen molar-refractivity contribution in [3.63, 3.8) is 0 Å². The van der Waals surface area contributed by atoms with Crippen LogP contribution in [0.15, 0.2) is 42.5 Å². The number of halogens is 1. The minimum atomic E-state index is -1.31. The van der Waals surface area contributed by atoms with Crippen LogP contribution in [-0.2, 0) is 10.3 Å². The highest BCUT2D eigenvalue weighted by molar-refractivity contribution is 6.32. The fraction of sp³-hybridized carbons (Fsp3) is 0.381. The van der Waals surface area contributed by atoms with Crippen molar-refractivity contribution >= 4 is 23.2 Å². The number of methoxy groups -OCH3 is 1. The summed E-state index contributed by atoms with van der Waals surface area (Å²) in [7, 11) is 1.53. The topological polar surface area (TPSA) is 84.7 Å². The van der Waals surface area contributed by atoms with Crippen molar-refractivity contribution in [3.05, 3.63) is 68.7 Å². The predicted octanol–water partition coefficient (Wildman–Crippen LogP) is 3.40. The molecule has 29 heavy (non-hydrogen) atoms. The summed E-state index contributed by atoms with van der Waals surface area (Å²) in [6.45, 7) is 0.650. The van der Waals surface area contributed by atoms with E-state index in [0.29, 0.717) is 28.6 Å². The second-order valence-electron chi connectivity index (χ2n) is 7.82. The fourth-order valence-electron chi connectivity index (χ4n) is 5.67. The van der Waals surface area contributed by atoms with E-state index in [1.807, 2.05) is 30.3 Å². The normalized spacial score (nSPS) is 30.3. The smallest absolute Gasteiger partial charge is 0.256 e. The van der Waals surface area contributed by atoms with E-state index in [0.717, 1.165) is 18.4 Å². The van der Waals surface area contributed by atoms with E-state index < -0.39 is 17.5 Å². The molecule has 2 aromatic carbocycles. The van der Waals surface area contributed by atoms with E-state index in [2.05, 4.69) is 10.2 Å². The second kappa shape index (κ2) is 6.43. The number of hydrogen-bond acceptors (Lipinski definition) is 5. The molecule has 1 N–H and O–H groups in total. The first-order valence-corrected chi connectivity index (χ1v) is 10.0. The van der Waals surface area contributed by atoms with Crippen LogP contribution in [0.3, 0.4) is 0 Å². The Kier molecular flexibility index (Phi) is 4.08. The van der Waals surface area contributed by atoms with E-state index in [-0.39, 0.29) is 16.9 Å². The van der Waals surface area contributed by atoms with Crippen molar-refractivity contribution in [1.29, 1.82) is 0 Å². The van der Waals surface area contributed by atoms with Crippen molar-refractivity contribution in [2.75, 3.05) is 19.0 Å². The lowest BCUT2D eigenvalue weighted by molar-refractivity contribution is -0.534. The maximum absolute atomic E-state index is 13.4. The minimum Gasteiger partial charge on any atom is -0.495 e. The second-order valence-corrected chi connectivity index (χ2v) is 8.23. The molecular weight excluding hydrogens is 394 g/mol. The summed E-state index contributed by atoms with van der Waals surface area (Å²) in [5.74, 6) is -0.241. The number of fused-ring (bicyclic) bond motifs is 4. The van der Waals surface area contributed by atoms with Crippen molar-refractivity contribution in [3.8, 4) is 5.75 Å². The number of carbonyl (C=O) groups is 1. The van der Waals surface area contributed by atoms with Crippen LogP contribution in [0.1, 0.15) is 29.9 Å². The molecule has 0 aromatic heterocycles. The van der Waals surface area contributed by atoms with E-state index in [9.17, 15) is 14.9 Å². The number of hydrogen-bond donors (Lipinski definition) is 1. The van der Waals surface area contributed by atoms with Gasteiger partial charge in [0.2, 0.25) is 0 Å². The third-order valence-corrected chi connectivity index (χ3v) is 6.95. The number of para-hydroxylation sites is 1. The lowest BCUT2D eigenvalue weighted by atomic mass is 9.77. The van der Waals surface area contributed by atoms with Gasteiger partial charge in [-0.1, -0.05) is 35.9 Å². The van der Waals surface area contributed by atoms with Crippen LogP contribution in [0.4, 0.5) is 5.69 Å². The number of nitrogens with zero attached hydrogens (tertiary/aromatic N) is 2. The molecule has 2 saturated heterocycles. The molecule has 150 valence electrons. The van der Waals surface area contributed by atoms with Crippen LogP contribution < -0.4 is 10.1 Å². The lowest BCUT2D eigenvalue weighted by Crippen LogP contribution is -2.55. The van der Waals surface area contributed by atoms with Crippen LogP contribution in [0.25, 0.3) is 0 Å². The molecule has 0 bridgehead atoms. The Bertz CT molecular complexity index is 1030. The summed E-state index contributed by atoms with van der Waals surface area (Å²) in [5.41, 5.74) is 0.811. The molecule has 3 aliphatic rings.